The lowest BCUT2D eigenvalue weighted by molar-refractivity contribution is -0.139. The Balaban J connectivity index is 1.97. The fourth-order valence-corrected chi connectivity index (χ4v) is 3.33. The Morgan fingerprint density at radius 2 is 1.71 bits per heavy atom. The van der Waals surface area contributed by atoms with Gasteiger partial charge in [-0.05, 0) is 50.6 Å². The van der Waals surface area contributed by atoms with Gasteiger partial charge in [0.05, 0.1) is 23.9 Å². The van der Waals surface area contributed by atoms with Crippen LogP contribution in [0.4, 0.5) is 4.79 Å². The molecule has 1 atom stereocenters. The van der Waals surface area contributed by atoms with Gasteiger partial charge in [-0.1, -0.05) is 29.8 Å². The highest BCUT2D eigenvalue weighted by Crippen LogP contribution is 2.31. The van der Waals surface area contributed by atoms with Crippen LogP contribution in [0.15, 0.2) is 59.8 Å². The first-order valence-corrected chi connectivity index (χ1v) is 10.1. The minimum absolute atomic E-state index is 0.0140. The van der Waals surface area contributed by atoms with Crippen LogP contribution in [0.25, 0.3) is 0 Å². The van der Waals surface area contributed by atoms with E-state index in [1.54, 1.807) is 38.2 Å². The van der Waals surface area contributed by atoms with Gasteiger partial charge in [0.2, 0.25) is 0 Å². The molecule has 2 aromatic carbocycles. The van der Waals surface area contributed by atoms with Crippen molar-refractivity contribution in [2.45, 2.75) is 26.8 Å². The number of hydrogen-bond donors (Lipinski definition) is 1. The van der Waals surface area contributed by atoms with Crippen molar-refractivity contribution >= 4 is 17.8 Å². The van der Waals surface area contributed by atoms with Crippen molar-refractivity contribution in [3.8, 4) is 5.75 Å². The number of benzene rings is 2. The Hall–Kier alpha value is -3.61. The number of nitrogens with one attached hydrogen (secondary N) is 1. The highest BCUT2D eigenvalue weighted by Gasteiger charge is 2.37. The first-order chi connectivity index (χ1) is 14.8. The van der Waals surface area contributed by atoms with Gasteiger partial charge in [-0.3, -0.25) is 9.69 Å². The number of hydrogen-bond acceptors (Lipinski definition) is 5. The molecule has 1 aliphatic rings. The van der Waals surface area contributed by atoms with Crippen LogP contribution in [0, 0.1) is 6.92 Å². The molecule has 0 unspecified atom stereocenters. The molecule has 1 aliphatic heterocycles. The topological polar surface area (TPSA) is 84.9 Å². The third kappa shape index (κ3) is 4.94. The Labute approximate surface area is 181 Å². The number of nitrogens with zero attached hydrogens (tertiary/aromatic N) is 1. The van der Waals surface area contributed by atoms with Gasteiger partial charge < -0.3 is 14.8 Å². The van der Waals surface area contributed by atoms with E-state index in [0.29, 0.717) is 22.6 Å². The maximum atomic E-state index is 12.9. The minimum atomic E-state index is -0.651. The summed E-state index contributed by atoms with van der Waals surface area (Å²) < 4.78 is 11.2. The predicted molar refractivity (Wildman–Crippen MR) is 116 cm³/mol. The lowest BCUT2D eigenvalue weighted by Gasteiger charge is -2.34. The zero-order valence-corrected chi connectivity index (χ0v) is 18.1. The third-order valence-corrected chi connectivity index (χ3v) is 5.12. The van der Waals surface area contributed by atoms with E-state index in [9.17, 15) is 14.4 Å². The number of ketones is 1. The first-order valence-electron chi connectivity index (χ1n) is 10.1. The van der Waals surface area contributed by atoms with Crippen molar-refractivity contribution in [1.29, 1.82) is 0 Å². The number of carbonyl (C=O) groups is 3. The Kier molecular flexibility index (Phi) is 6.74. The van der Waals surface area contributed by atoms with Crippen LogP contribution >= 0.6 is 0 Å². The van der Waals surface area contributed by atoms with E-state index in [-0.39, 0.29) is 25.0 Å². The van der Waals surface area contributed by atoms with E-state index in [4.69, 9.17) is 9.47 Å². The maximum absolute atomic E-state index is 12.9. The number of amides is 2. The summed E-state index contributed by atoms with van der Waals surface area (Å²) in [6, 6.07) is 13.3. The molecule has 0 fully saturated rings. The molecule has 1 N–H and O–H groups in total. The van der Waals surface area contributed by atoms with Gasteiger partial charge in [-0.25, -0.2) is 9.59 Å². The number of esters is 1. The number of rotatable bonds is 7. The second-order valence-electron chi connectivity index (χ2n) is 7.30. The second kappa shape index (κ2) is 9.47. The molecule has 0 bridgehead atoms. The summed E-state index contributed by atoms with van der Waals surface area (Å²) in [6.45, 7) is 5.39. The van der Waals surface area contributed by atoms with Crippen molar-refractivity contribution in [2.75, 3.05) is 20.3 Å². The average molecular weight is 422 g/mol. The van der Waals surface area contributed by atoms with Crippen LogP contribution in [-0.4, -0.2) is 42.9 Å². The van der Waals surface area contributed by atoms with E-state index < -0.39 is 12.0 Å². The van der Waals surface area contributed by atoms with Gasteiger partial charge in [-0.2, -0.15) is 0 Å². The van der Waals surface area contributed by atoms with Crippen molar-refractivity contribution in [2.24, 2.45) is 0 Å². The normalized spacial score (nSPS) is 16.1. The molecule has 0 aliphatic carbocycles. The van der Waals surface area contributed by atoms with Crippen LogP contribution in [0.5, 0.6) is 5.75 Å². The summed E-state index contributed by atoms with van der Waals surface area (Å²) in [4.78, 5) is 38.4. The molecule has 0 aromatic heterocycles. The Morgan fingerprint density at radius 1 is 1.06 bits per heavy atom. The van der Waals surface area contributed by atoms with Gasteiger partial charge in [0.25, 0.3) is 0 Å². The lowest BCUT2D eigenvalue weighted by atomic mass is 9.94. The van der Waals surface area contributed by atoms with Crippen molar-refractivity contribution in [3.05, 3.63) is 76.5 Å². The number of carbonyl (C=O) groups excluding carboxylic acids is 3. The van der Waals surface area contributed by atoms with E-state index in [2.05, 4.69) is 5.32 Å². The molecule has 2 amide bonds. The summed E-state index contributed by atoms with van der Waals surface area (Å²) >= 11 is 0. The van der Waals surface area contributed by atoms with Crippen LogP contribution in [0.3, 0.4) is 0 Å². The molecule has 162 valence electrons. The van der Waals surface area contributed by atoms with Gasteiger partial charge >= 0.3 is 12.0 Å². The largest absolute Gasteiger partial charge is 0.487 e. The average Bonchev–Trinajstić information content (AvgIpc) is 2.75. The molecule has 0 saturated heterocycles. The zero-order valence-electron chi connectivity index (χ0n) is 18.1. The number of ether oxygens (including phenoxy) is 2. The van der Waals surface area contributed by atoms with E-state index in [1.807, 2.05) is 31.2 Å². The predicted octanol–water partition coefficient (Wildman–Crippen LogP) is 3.79. The molecule has 2 aromatic rings. The van der Waals surface area contributed by atoms with Crippen molar-refractivity contribution in [1.82, 2.24) is 10.2 Å². The van der Waals surface area contributed by atoms with E-state index >= 15 is 0 Å². The highest BCUT2D eigenvalue weighted by atomic mass is 16.5. The fraction of sp³-hybridized carbons (Fsp3) is 0.292. The van der Waals surface area contributed by atoms with Crippen molar-refractivity contribution in [3.63, 3.8) is 0 Å². The second-order valence-corrected chi connectivity index (χ2v) is 7.30. The van der Waals surface area contributed by atoms with E-state index in [0.717, 1.165) is 11.1 Å². The number of likely N-dealkylation sites (N-methyl/N-ethyl adjacent to an activating group) is 1. The molecular formula is C24H26N2O5. The number of aryl methyl sites for hydroxylation is 1. The van der Waals surface area contributed by atoms with E-state index in [1.165, 1.54) is 11.8 Å². The van der Waals surface area contributed by atoms with Crippen LogP contribution in [0.1, 0.15) is 41.4 Å². The molecule has 31 heavy (non-hydrogen) atoms. The first kappa shape index (κ1) is 22.1. The number of Topliss-reactive ketones (excluding diaryl/α,β-unsaturated/α-hetero) is 1. The summed E-state index contributed by atoms with van der Waals surface area (Å²) in [5.74, 6) is -0.0269. The lowest BCUT2D eigenvalue weighted by Crippen LogP contribution is -2.48. The standard InChI is InChI=1S/C24H26N2O5/c1-5-30-23(28)21-20(14-31-19-12-10-17(11-13-19)16(3)27)26(4)24(29)25-22(21)18-8-6-15(2)7-9-18/h6-13,22H,5,14H2,1-4H3,(H,25,29)/t22-/m0/s1. The van der Waals surface area contributed by atoms with Gasteiger partial charge in [0.1, 0.15) is 12.4 Å². The molecule has 1 heterocycles. The Morgan fingerprint density at radius 3 is 2.29 bits per heavy atom. The van der Waals surface area contributed by atoms with Crippen molar-refractivity contribution < 1.29 is 23.9 Å². The zero-order chi connectivity index (χ0) is 22.5. The minimum Gasteiger partial charge on any atom is -0.487 e. The monoisotopic (exact) mass is 422 g/mol. The summed E-state index contributed by atoms with van der Waals surface area (Å²) in [6.07, 6.45) is 0. The van der Waals surface area contributed by atoms with Gasteiger partial charge in [0, 0.05) is 12.6 Å². The molecule has 0 spiro atoms. The number of urea groups is 1. The summed E-state index contributed by atoms with van der Waals surface area (Å²) in [5.41, 5.74) is 3.17. The molecule has 7 heteroatoms. The van der Waals surface area contributed by atoms with Crippen LogP contribution in [-0.2, 0) is 9.53 Å². The van der Waals surface area contributed by atoms with Gasteiger partial charge in [0.15, 0.2) is 5.78 Å². The molecule has 7 nitrogen and oxygen atoms in total. The highest BCUT2D eigenvalue weighted by molar-refractivity contribution is 5.95. The molecule has 0 saturated carbocycles. The Bertz CT molecular complexity index is 1010. The quantitative estimate of drug-likeness (QED) is 0.542. The van der Waals surface area contributed by atoms with Crippen LogP contribution in [0.2, 0.25) is 0 Å². The molecular weight excluding hydrogens is 396 g/mol. The SMILES string of the molecule is CCOC(=O)C1=C(COc2ccc(C(C)=O)cc2)N(C)C(=O)N[C@H]1c1ccc(C)cc1. The summed E-state index contributed by atoms with van der Waals surface area (Å²) in [7, 11) is 1.58. The van der Waals surface area contributed by atoms with Crippen LogP contribution < -0.4 is 10.1 Å². The maximum Gasteiger partial charge on any atom is 0.338 e. The fourth-order valence-electron chi connectivity index (χ4n) is 3.33. The summed E-state index contributed by atoms with van der Waals surface area (Å²) in [5, 5.41) is 2.87. The molecule has 0 radical (unpaired) electrons. The smallest absolute Gasteiger partial charge is 0.338 e. The van der Waals surface area contributed by atoms with Gasteiger partial charge in [-0.15, -0.1) is 0 Å². The third-order valence-electron chi connectivity index (χ3n) is 5.12. The molecule has 3 rings (SSSR count).